The molecule has 1 N–H and O–H groups in total. The summed E-state index contributed by atoms with van der Waals surface area (Å²) in [5.74, 6) is 2.26. The number of halogens is 3. The molecule has 27 heavy (non-hydrogen) atoms. The molecule has 3 aromatic rings. The number of hydrogen-bond donors (Lipinski definition) is 1. The third-order valence-corrected chi connectivity index (χ3v) is 4.55. The first-order valence-electron chi connectivity index (χ1n) is 8.12. The smallest absolute Gasteiger partial charge is 0.161 e. The maximum atomic E-state index is 6.03. The lowest BCUT2D eigenvalue weighted by atomic mass is 10.2. The molecule has 1 aromatic heterocycles. The molecule has 0 spiro atoms. The quantitative estimate of drug-likeness (QED) is 0.600. The van der Waals surface area contributed by atoms with Crippen LogP contribution in [0.3, 0.4) is 0 Å². The molecule has 144 valence electrons. The summed E-state index contributed by atoms with van der Waals surface area (Å²) in [5, 5.41) is 4.37. The number of rotatable bonds is 8. The van der Waals surface area contributed by atoms with Crippen molar-refractivity contribution in [3.63, 3.8) is 0 Å². The lowest BCUT2D eigenvalue weighted by Gasteiger charge is -2.13. The molecule has 4 nitrogen and oxygen atoms in total. The van der Waals surface area contributed by atoms with Gasteiger partial charge in [-0.25, -0.2) is 0 Å². The zero-order valence-corrected chi connectivity index (χ0v) is 16.9. The second-order valence-corrected chi connectivity index (χ2v) is 6.52. The molecular weight excluding hydrogens is 409 g/mol. The van der Waals surface area contributed by atoms with Crippen molar-refractivity contribution in [1.82, 2.24) is 5.32 Å². The van der Waals surface area contributed by atoms with Crippen molar-refractivity contribution >= 4 is 23.2 Å². The minimum absolute atomic E-state index is 0. The Labute approximate surface area is 174 Å². The first-order valence-corrected chi connectivity index (χ1v) is 8.88. The van der Waals surface area contributed by atoms with E-state index in [1.54, 1.807) is 25.5 Å². The average molecular weight is 428 g/mol. The van der Waals surface area contributed by atoms with Crippen LogP contribution >= 0.6 is 23.2 Å². The summed E-state index contributed by atoms with van der Waals surface area (Å²) in [6, 6.07) is 15.1. The van der Waals surface area contributed by atoms with E-state index in [1.807, 2.05) is 36.4 Å². The van der Waals surface area contributed by atoms with Crippen molar-refractivity contribution in [3.8, 4) is 11.5 Å². The highest BCUT2D eigenvalue weighted by Gasteiger charge is 2.07. The molecule has 0 saturated carbocycles. The van der Waals surface area contributed by atoms with E-state index < -0.39 is 0 Å². The molecule has 0 atom stereocenters. The van der Waals surface area contributed by atoms with Crippen molar-refractivity contribution in [2.75, 3.05) is 7.11 Å². The molecule has 0 radical (unpaired) electrons. The van der Waals surface area contributed by atoms with Gasteiger partial charge in [-0.05, 0) is 47.5 Å². The summed E-state index contributed by atoms with van der Waals surface area (Å²) in [6.45, 7) is 1.75. The van der Waals surface area contributed by atoms with Crippen LogP contribution in [0.5, 0.6) is 11.5 Å². The van der Waals surface area contributed by atoms with Gasteiger partial charge in [0.15, 0.2) is 11.5 Å². The van der Waals surface area contributed by atoms with Crippen molar-refractivity contribution in [2.24, 2.45) is 0 Å². The van der Waals surface area contributed by atoms with E-state index in [0.29, 0.717) is 41.2 Å². The van der Waals surface area contributed by atoms with Crippen LogP contribution in [0.15, 0.2) is 59.2 Å². The molecule has 0 aliphatic carbocycles. The number of methoxy groups -OCH3 is 1. The topological polar surface area (TPSA) is 43.6 Å². The summed E-state index contributed by atoms with van der Waals surface area (Å²) in [5.41, 5.74) is 2.03. The Bertz CT molecular complexity index is 854. The van der Waals surface area contributed by atoms with Crippen LogP contribution in [0.2, 0.25) is 10.0 Å². The molecule has 7 heteroatoms. The Hall–Kier alpha value is -1.85. The van der Waals surface area contributed by atoms with Crippen molar-refractivity contribution < 1.29 is 26.3 Å². The SMILES string of the molecule is COc1cc(CNCc2ccco2)ccc1OCc1ccc(Cl)c(Cl)c1.[Cl-]. The van der Waals surface area contributed by atoms with Gasteiger partial charge in [0.05, 0.1) is 30.0 Å². The molecule has 0 amide bonds. The van der Waals surface area contributed by atoms with Crippen molar-refractivity contribution in [3.05, 3.63) is 81.7 Å². The molecule has 0 fully saturated rings. The van der Waals surface area contributed by atoms with E-state index >= 15 is 0 Å². The average Bonchev–Trinajstić information content (AvgIpc) is 3.16. The van der Waals surface area contributed by atoms with Crippen LogP contribution in [0, 0.1) is 0 Å². The van der Waals surface area contributed by atoms with Gasteiger partial charge in [-0.1, -0.05) is 35.3 Å². The molecule has 2 aromatic carbocycles. The molecule has 0 unspecified atom stereocenters. The number of furan rings is 1. The van der Waals surface area contributed by atoms with Crippen molar-refractivity contribution in [1.29, 1.82) is 0 Å². The summed E-state index contributed by atoms with van der Waals surface area (Å²) < 4.78 is 16.6. The van der Waals surface area contributed by atoms with E-state index in [4.69, 9.17) is 37.1 Å². The van der Waals surface area contributed by atoms with Crippen molar-refractivity contribution in [2.45, 2.75) is 19.7 Å². The number of ether oxygens (including phenoxy) is 2. The number of nitrogens with one attached hydrogen (secondary N) is 1. The van der Waals surface area contributed by atoms with Crippen LogP contribution in [0.25, 0.3) is 0 Å². The lowest BCUT2D eigenvalue weighted by molar-refractivity contribution is -0.00000616. The Morgan fingerprint density at radius 3 is 2.44 bits per heavy atom. The molecule has 3 rings (SSSR count). The monoisotopic (exact) mass is 426 g/mol. The normalized spacial score (nSPS) is 10.3. The Morgan fingerprint density at radius 1 is 0.926 bits per heavy atom. The highest BCUT2D eigenvalue weighted by molar-refractivity contribution is 6.42. The Morgan fingerprint density at radius 2 is 1.74 bits per heavy atom. The van der Waals surface area contributed by atoms with E-state index in [-0.39, 0.29) is 12.4 Å². The number of hydrogen-bond acceptors (Lipinski definition) is 4. The zero-order chi connectivity index (χ0) is 18.4. The largest absolute Gasteiger partial charge is 1.00 e. The summed E-state index contributed by atoms with van der Waals surface area (Å²) in [6.07, 6.45) is 1.67. The first-order chi connectivity index (χ1) is 12.7. The minimum atomic E-state index is 0. The second-order valence-electron chi connectivity index (χ2n) is 5.71. The second kappa shape index (κ2) is 10.5. The highest BCUT2D eigenvalue weighted by Crippen LogP contribution is 2.29. The van der Waals surface area contributed by atoms with E-state index in [2.05, 4.69) is 5.32 Å². The summed E-state index contributed by atoms with van der Waals surface area (Å²) >= 11 is 12.0. The van der Waals surface area contributed by atoms with E-state index in [0.717, 1.165) is 16.9 Å². The third-order valence-electron chi connectivity index (χ3n) is 3.81. The Balaban J connectivity index is 0.00000261. The fraction of sp³-hybridized carbons (Fsp3) is 0.200. The van der Waals surface area contributed by atoms with Crippen LogP contribution in [-0.4, -0.2) is 7.11 Å². The third kappa shape index (κ3) is 6.08. The molecular formula is C20H19Cl3NO3-. The van der Waals surface area contributed by atoms with Gasteiger partial charge in [-0.3, -0.25) is 0 Å². The van der Waals surface area contributed by atoms with Crippen LogP contribution < -0.4 is 27.2 Å². The van der Waals surface area contributed by atoms with Crippen LogP contribution in [-0.2, 0) is 19.7 Å². The van der Waals surface area contributed by atoms with Gasteiger partial charge in [0, 0.05) is 6.54 Å². The van der Waals surface area contributed by atoms with Crippen LogP contribution in [0.4, 0.5) is 0 Å². The number of benzene rings is 2. The fourth-order valence-corrected chi connectivity index (χ4v) is 2.80. The summed E-state index contributed by atoms with van der Waals surface area (Å²) in [4.78, 5) is 0. The first kappa shape index (κ1) is 21.5. The van der Waals surface area contributed by atoms with Gasteiger partial charge in [-0.15, -0.1) is 0 Å². The predicted octanol–water partition coefficient (Wildman–Crippen LogP) is 2.47. The Kier molecular flexibility index (Phi) is 8.32. The molecule has 1 heterocycles. The van der Waals surface area contributed by atoms with Gasteiger partial charge in [-0.2, -0.15) is 0 Å². The van der Waals surface area contributed by atoms with Gasteiger partial charge in [0.25, 0.3) is 0 Å². The maximum Gasteiger partial charge on any atom is 0.161 e. The minimum Gasteiger partial charge on any atom is -1.00 e. The van der Waals surface area contributed by atoms with E-state index in [1.165, 1.54) is 0 Å². The van der Waals surface area contributed by atoms with Crippen LogP contribution in [0.1, 0.15) is 16.9 Å². The van der Waals surface area contributed by atoms with E-state index in [9.17, 15) is 0 Å². The standard InChI is InChI=1S/C20H19Cl2NO3.ClH/c1-24-20-10-14(11-23-12-16-3-2-8-25-16)5-7-19(20)26-13-15-4-6-17(21)18(22)9-15;/h2-10,23H,11-13H2,1H3;1H/p-1. The van der Waals surface area contributed by atoms with Gasteiger partial charge in [0.1, 0.15) is 12.4 Å². The summed E-state index contributed by atoms with van der Waals surface area (Å²) in [7, 11) is 1.63. The predicted molar refractivity (Wildman–Crippen MR) is 103 cm³/mol. The highest BCUT2D eigenvalue weighted by atomic mass is 35.5. The fourth-order valence-electron chi connectivity index (χ4n) is 2.47. The van der Waals surface area contributed by atoms with Gasteiger partial charge in [0.2, 0.25) is 0 Å². The lowest BCUT2D eigenvalue weighted by Crippen LogP contribution is -3.00. The molecule has 0 saturated heterocycles. The zero-order valence-electron chi connectivity index (χ0n) is 14.7. The van der Waals surface area contributed by atoms with Gasteiger partial charge < -0.3 is 31.6 Å². The van der Waals surface area contributed by atoms with Gasteiger partial charge >= 0.3 is 0 Å². The molecule has 0 aliphatic rings. The maximum absolute atomic E-state index is 6.03. The molecule has 0 bridgehead atoms. The molecule has 0 aliphatic heterocycles.